The number of fused-ring (bicyclic) bond motifs is 2. The van der Waals surface area contributed by atoms with Gasteiger partial charge in [0.1, 0.15) is 5.82 Å². The highest BCUT2D eigenvalue weighted by Crippen LogP contribution is 2.35. The van der Waals surface area contributed by atoms with Crippen molar-refractivity contribution in [3.05, 3.63) is 52.5 Å². The van der Waals surface area contributed by atoms with Crippen LogP contribution in [0.15, 0.2) is 36.4 Å². The Hall–Kier alpha value is -2.88. The number of amides is 2. The summed E-state index contributed by atoms with van der Waals surface area (Å²) in [6.45, 7) is 10.4. The minimum atomic E-state index is -0.338. The fraction of sp³-hybridized carbons (Fsp3) is 0.571. The highest BCUT2D eigenvalue weighted by Gasteiger charge is 2.30. The predicted molar refractivity (Wildman–Crippen MR) is 186 cm³/mol. The van der Waals surface area contributed by atoms with Crippen LogP contribution in [0.5, 0.6) is 0 Å². The SMILES string of the molecule is CCCCCCN(CCCCCC)C(=O)OCN1C(=O)Cc2cc(CCN3CCN(c4nsc5ccccc45)CC3)c(Cl)cc21. The smallest absolute Gasteiger partial charge is 0.411 e. The number of piperazine rings is 1. The number of rotatable bonds is 16. The first-order valence-electron chi connectivity index (χ1n) is 16.8. The molecule has 0 spiro atoms. The number of hydrogen-bond acceptors (Lipinski definition) is 7. The average molecular weight is 654 g/mol. The third-order valence-electron chi connectivity index (χ3n) is 9.05. The van der Waals surface area contributed by atoms with Gasteiger partial charge in [-0.15, -0.1) is 0 Å². The zero-order valence-corrected chi connectivity index (χ0v) is 28.5. The number of aromatic nitrogens is 1. The molecule has 3 aromatic rings. The fourth-order valence-electron chi connectivity index (χ4n) is 6.30. The van der Waals surface area contributed by atoms with Crippen LogP contribution < -0.4 is 9.80 Å². The lowest BCUT2D eigenvalue weighted by Crippen LogP contribution is -2.47. The topological polar surface area (TPSA) is 69.2 Å². The normalized spacial score (nSPS) is 15.2. The summed E-state index contributed by atoms with van der Waals surface area (Å²) in [5, 5.41) is 1.89. The van der Waals surface area contributed by atoms with Gasteiger partial charge in [0.2, 0.25) is 5.91 Å². The summed E-state index contributed by atoms with van der Waals surface area (Å²) < 4.78 is 11.7. The molecule has 5 rings (SSSR count). The zero-order valence-electron chi connectivity index (χ0n) is 26.9. The van der Waals surface area contributed by atoms with Gasteiger partial charge >= 0.3 is 6.09 Å². The first kappa shape index (κ1) is 33.5. The van der Waals surface area contributed by atoms with E-state index in [2.05, 4.69) is 54.0 Å². The second-order valence-corrected chi connectivity index (χ2v) is 13.5. The molecule has 244 valence electrons. The quantitative estimate of drug-likeness (QED) is 0.147. The summed E-state index contributed by atoms with van der Waals surface area (Å²) in [6.07, 6.45) is 9.59. The van der Waals surface area contributed by atoms with E-state index in [9.17, 15) is 9.59 Å². The predicted octanol–water partition coefficient (Wildman–Crippen LogP) is 7.76. The first-order valence-corrected chi connectivity index (χ1v) is 18.0. The van der Waals surface area contributed by atoms with Gasteiger partial charge < -0.3 is 14.5 Å². The summed E-state index contributed by atoms with van der Waals surface area (Å²) in [5.74, 6) is 1.04. The van der Waals surface area contributed by atoms with Crippen molar-refractivity contribution in [2.45, 2.75) is 78.1 Å². The molecule has 1 fully saturated rings. The third-order valence-corrected chi connectivity index (χ3v) is 10.2. The second kappa shape index (κ2) is 16.6. The molecule has 0 saturated carbocycles. The van der Waals surface area contributed by atoms with Crippen molar-refractivity contribution in [1.82, 2.24) is 14.2 Å². The number of halogens is 1. The maximum absolute atomic E-state index is 13.1. The zero-order chi connectivity index (χ0) is 31.6. The molecule has 0 aliphatic carbocycles. The van der Waals surface area contributed by atoms with Gasteiger partial charge in [0, 0.05) is 56.2 Å². The lowest BCUT2D eigenvalue weighted by atomic mass is 10.1. The van der Waals surface area contributed by atoms with Crippen LogP contribution in [0, 0.1) is 0 Å². The molecule has 45 heavy (non-hydrogen) atoms. The van der Waals surface area contributed by atoms with Gasteiger partial charge in [-0.05, 0) is 60.1 Å². The van der Waals surface area contributed by atoms with Crippen LogP contribution in [-0.4, -0.2) is 78.7 Å². The van der Waals surface area contributed by atoms with Gasteiger partial charge in [0.05, 0.1) is 16.8 Å². The van der Waals surface area contributed by atoms with Crippen molar-refractivity contribution in [3.63, 3.8) is 0 Å². The molecule has 3 heterocycles. The van der Waals surface area contributed by atoms with E-state index < -0.39 is 0 Å². The van der Waals surface area contributed by atoms with E-state index in [1.165, 1.54) is 22.9 Å². The van der Waals surface area contributed by atoms with Crippen molar-refractivity contribution >= 4 is 56.7 Å². The van der Waals surface area contributed by atoms with Gasteiger partial charge in [-0.2, -0.15) is 4.37 Å². The van der Waals surface area contributed by atoms with Crippen molar-refractivity contribution in [2.24, 2.45) is 0 Å². The maximum atomic E-state index is 13.1. The van der Waals surface area contributed by atoms with E-state index in [0.717, 1.165) is 100 Å². The van der Waals surface area contributed by atoms with Crippen LogP contribution >= 0.6 is 23.1 Å². The molecular formula is C35H48ClN5O3S. The van der Waals surface area contributed by atoms with Crippen LogP contribution in [0.1, 0.15) is 76.3 Å². The minimum Gasteiger partial charge on any atom is -0.428 e. The van der Waals surface area contributed by atoms with Crippen LogP contribution in [0.4, 0.5) is 16.3 Å². The first-order chi connectivity index (χ1) is 22.0. The number of benzene rings is 2. The van der Waals surface area contributed by atoms with Crippen molar-refractivity contribution < 1.29 is 14.3 Å². The molecular weight excluding hydrogens is 606 g/mol. The molecule has 2 aliphatic rings. The molecule has 0 atom stereocenters. The van der Waals surface area contributed by atoms with Gasteiger partial charge in [-0.3, -0.25) is 14.6 Å². The molecule has 0 radical (unpaired) electrons. The number of ether oxygens (including phenoxy) is 1. The van der Waals surface area contributed by atoms with Gasteiger partial charge in [-0.25, -0.2) is 4.79 Å². The number of hydrogen-bond donors (Lipinski definition) is 0. The fourth-order valence-corrected chi connectivity index (χ4v) is 7.35. The van der Waals surface area contributed by atoms with E-state index in [1.54, 1.807) is 16.4 Å². The van der Waals surface area contributed by atoms with Crippen molar-refractivity contribution in [3.8, 4) is 0 Å². The largest absolute Gasteiger partial charge is 0.428 e. The molecule has 2 aromatic carbocycles. The Bertz CT molecular complexity index is 1410. The molecule has 2 amide bonds. The Kier molecular flexibility index (Phi) is 12.4. The van der Waals surface area contributed by atoms with E-state index >= 15 is 0 Å². The lowest BCUT2D eigenvalue weighted by Gasteiger charge is -2.35. The van der Waals surface area contributed by atoms with E-state index in [1.807, 2.05) is 11.0 Å². The van der Waals surface area contributed by atoms with Crippen molar-refractivity contribution in [1.29, 1.82) is 0 Å². The van der Waals surface area contributed by atoms with Crippen molar-refractivity contribution in [2.75, 3.05) is 62.3 Å². The summed E-state index contributed by atoms with van der Waals surface area (Å²) in [7, 11) is 0. The molecule has 0 N–H and O–H groups in total. The monoisotopic (exact) mass is 653 g/mol. The standard InChI is InChI=1S/C35H48ClN5O3S/c1-3-5-7-11-16-40(17-12-8-6-4-2)35(43)44-26-41-31-25-30(36)27(23-28(31)24-33(41)42)15-18-38-19-21-39(22-20-38)34-29-13-9-10-14-32(29)45-37-34/h9-10,13-14,23,25H,3-8,11-12,15-22,24,26H2,1-2H3. The number of nitrogens with zero attached hydrogens (tertiary/aromatic N) is 5. The Morgan fingerprint density at radius 1 is 0.978 bits per heavy atom. The molecule has 2 aliphatic heterocycles. The van der Waals surface area contributed by atoms with Gasteiger partial charge in [-0.1, -0.05) is 82.2 Å². The Morgan fingerprint density at radius 3 is 2.40 bits per heavy atom. The highest BCUT2D eigenvalue weighted by atomic mass is 35.5. The number of unbranched alkanes of at least 4 members (excludes halogenated alkanes) is 6. The lowest BCUT2D eigenvalue weighted by molar-refractivity contribution is -0.118. The van der Waals surface area contributed by atoms with Gasteiger partial charge in [0.15, 0.2) is 6.73 Å². The minimum absolute atomic E-state index is 0.0610. The van der Waals surface area contributed by atoms with Crippen LogP contribution in [0.25, 0.3) is 10.1 Å². The average Bonchev–Trinajstić information content (AvgIpc) is 3.62. The van der Waals surface area contributed by atoms with Gasteiger partial charge in [0.25, 0.3) is 0 Å². The van der Waals surface area contributed by atoms with Crippen LogP contribution in [0.3, 0.4) is 0 Å². The Balaban J connectivity index is 1.12. The molecule has 8 nitrogen and oxygen atoms in total. The molecule has 10 heteroatoms. The summed E-state index contributed by atoms with van der Waals surface area (Å²) in [5.41, 5.74) is 2.76. The van der Waals surface area contributed by atoms with Crippen LogP contribution in [-0.2, 0) is 22.4 Å². The molecule has 1 saturated heterocycles. The maximum Gasteiger partial charge on any atom is 0.411 e. The highest BCUT2D eigenvalue weighted by molar-refractivity contribution is 7.13. The van der Waals surface area contributed by atoms with E-state index in [-0.39, 0.29) is 18.7 Å². The third kappa shape index (κ3) is 8.69. The Morgan fingerprint density at radius 2 is 1.69 bits per heavy atom. The number of carbonyl (C=O) groups excluding carboxylic acids is 2. The van der Waals surface area contributed by atoms with E-state index in [0.29, 0.717) is 24.5 Å². The molecule has 0 unspecified atom stereocenters. The molecule has 1 aromatic heterocycles. The van der Waals surface area contributed by atoms with E-state index in [4.69, 9.17) is 20.7 Å². The summed E-state index contributed by atoms with van der Waals surface area (Å²) in [4.78, 5) is 34.3. The summed E-state index contributed by atoms with van der Waals surface area (Å²) in [6, 6.07) is 12.4. The Labute approximate surface area is 277 Å². The molecule has 0 bridgehead atoms. The number of anilines is 2. The van der Waals surface area contributed by atoms with Crippen LogP contribution in [0.2, 0.25) is 5.02 Å². The summed E-state index contributed by atoms with van der Waals surface area (Å²) >= 11 is 8.34. The second-order valence-electron chi connectivity index (χ2n) is 12.3. The number of carbonyl (C=O) groups is 2.